The van der Waals surface area contributed by atoms with Crippen molar-refractivity contribution in [1.82, 2.24) is 5.32 Å². The number of aliphatic carboxylic acids is 2. The van der Waals surface area contributed by atoms with E-state index in [0.717, 1.165) is 0 Å². The first-order valence-electron chi connectivity index (χ1n) is 4.53. The summed E-state index contributed by atoms with van der Waals surface area (Å²) in [7, 11) is 0. The second kappa shape index (κ2) is 8.84. The molecule has 0 bridgehead atoms. The lowest BCUT2D eigenvalue weighted by Gasteiger charge is -2.08. The Morgan fingerprint density at radius 3 is 1.12 bits per heavy atom. The van der Waals surface area contributed by atoms with Crippen LogP contribution in [0.2, 0.25) is 0 Å². The summed E-state index contributed by atoms with van der Waals surface area (Å²) in [5, 5.41) is 51.8. The first-order chi connectivity index (χ1) is 7.59. The van der Waals surface area contributed by atoms with Crippen molar-refractivity contribution in [1.29, 1.82) is 0 Å². The fourth-order valence-electron chi connectivity index (χ4n) is 0.619. The highest BCUT2D eigenvalue weighted by molar-refractivity contribution is 5.83. The number of rotatable bonds is 5. The third-order valence-corrected chi connectivity index (χ3v) is 1.29. The highest BCUT2D eigenvalue weighted by Crippen LogP contribution is 1.92. The van der Waals surface area contributed by atoms with Gasteiger partial charge in [-0.2, -0.15) is 0 Å². The van der Waals surface area contributed by atoms with Gasteiger partial charge in [0.25, 0.3) is 0 Å². The second-order valence-electron chi connectivity index (χ2n) is 3.08. The van der Waals surface area contributed by atoms with Crippen LogP contribution >= 0.6 is 0 Å². The second-order valence-corrected chi connectivity index (χ2v) is 3.08. The fraction of sp³-hybridized carbons (Fsp3) is 0.750. The monoisotopic (exact) mass is 255 g/mol. The van der Waals surface area contributed by atoms with Crippen molar-refractivity contribution >= 4 is 11.9 Å². The highest BCUT2D eigenvalue weighted by Gasteiger charge is 2.29. The van der Waals surface area contributed by atoms with Crippen molar-refractivity contribution in [2.45, 2.75) is 38.5 Å². The maximum absolute atomic E-state index is 9.77. The van der Waals surface area contributed by atoms with E-state index < -0.39 is 36.6 Å². The molecular formula is C8H17NO8. The molecule has 0 radical (unpaired) electrons. The summed E-state index contributed by atoms with van der Waals surface area (Å²) >= 11 is 0. The molecule has 0 aromatic rings. The first kappa shape index (κ1) is 18.1. The van der Waals surface area contributed by atoms with Gasteiger partial charge >= 0.3 is 11.9 Å². The quantitative estimate of drug-likeness (QED) is 0.255. The molecule has 0 amide bonds. The molecule has 4 unspecified atom stereocenters. The van der Waals surface area contributed by atoms with Gasteiger partial charge in [-0.3, -0.25) is 5.32 Å². The van der Waals surface area contributed by atoms with Crippen LogP contribution in [0.25, 0.3) is 0 Å². The molecule has 0 rings (SSSR count). The predicted molar refractivity (Wildman–Crippen MR) is 53.8 cm³/mol. The third kappa shape index (κ3) is 11.0. The lowest BCUT2D eigenvalue weighted by atomic mass is 10.2. The number of carbonyl (C=O) groups is 2. The Hall–Kier alpha value is -1.26. The molecule has 0 heterocycles. The van der Waals surface area contributed by atoms with Crippen molar-refractivity contribution < 1.29 is 40.2 Å². The van der Waals surface area contributed by atoms with E-state index in [1.54, 1.807) is 13.8 Å². The zero-order valence-corrected chi connectivity index (χ0v) is 9.31. The Kier molecular flexibility index (Phi) is 9.42. The molecule has 0 saturated heterocycles. The Morgan fingerprint density at radius 1 is 0.824 bits per heavy atom. The van der Waals surface area contributed by atoms with Gasteiger partial charge in [-0.1, -0.05) is 0 Å². The molecule has 7 N–H and O–H groups in total. The molecule has 9 nitrogen and oxygen atoms in total. The Balaban J connectivity index is 0. The van der Waals surface area contributed by atoms with Crippen LogP contribution in [-0.4, -0.2) is 67.2 Å². The van der Waals surface area contributed by atoms with Crippen LogP contribution in [0, 0.1) is 0 Å². The fourth-order valence-corrected chi connectivity index (χ4v) is 0.619. The largest absolute Gasteiger partial charge is 0.479 e. The number of carboxylic acids is 2. The Labute approximate surface area is 96.9 Å². The Bertz CT molecular complexity index is 218. The van der Waals surface area contributed by atoms with Gasteiger partial charge in [-0.05, 0) is 13.8 Å². The predicted octanol–water partition coefficient (Wildman–Crippen LogP) is -2.87. The summed E-state index contributed by atoms with van der Waals surface area (Å²) in [5.74, 6) is -3.54. The van der Waals surface area contributed by atoms with Crippen molar-refractivity contribution in [2.75, 3.05) is 0 Å². The van der Waals surface area contributed by atoms with Crippen molar-refractivity contribution in [2.24, 2.45) is 0 Å². The van der Waals surface area contributed by atoms with Gasteiger partial charge in [-0.15, -0.1) is 0 Å². The number of aliphatic hydroxyl groups is 4. The zero-order chi connectivity index (χ0) is 14.2. The summed E-state index contributed by atoms with van der Waals surface area (Å²) < 4.78 is 0. The summed E-state index contributed by atoms with van der Waals surface area (Å²) in [6.07, 6.45) is -5.78. The molecule has 0 aliphatic rings. The van der Waals surface area contributed by atoms with Gasteiger partial charge in [0, 0.05) is 0 Å². The molecule has 9 heteroatoms. The molecule has 0 fully saturated rings. The van der Waals surface area contributed by atoms with E-state index in [9.17, 15) is 9.59 Å². The first-order valence-corrected chi connectivity index (χ1v) is 4.53. The average Bonchev–Trinajstić information content (AvgIpc) is 2.13. The van der Waals surface area contributed by atoms with Gasteiger partial charge in [0.2, 0.25) is 0 Å². The van der Waals surface area contributed by atoms with Crippen LogP contribution in [0.1, 0.15) is 13.8 Å². The van der Waals surface area contributed by atoms with Crippen LogP contribution in [0.4, 0.5) is 0 Å². The van der Waals surface area contributed by atoms with Crippen molar-refractivity contribution in [3.05, 3.63) is 0 Å². The topological polar surface area (TPSA) is 168 Å². The zero-order valence-electron chi connectivity index (χ0n) is 9.31. The minimum atomic E-state index is -2.27. The number of hydrogen-bond donors (Lipinski definition) is 7. The van der Waals surface area contributed by atoms with Gasteiger partial charge < -0.3 is 30.6 Å². The smallest absolute Gasteiger partial charge is 0.335 e. The minimum absolute atomic E-state index is 0.625. The molecule has 0 aliphatic heterocycles. The summed E-state index contributed by atoms with van der Waals surface area (Å²) in [6, 6.07) is 0. The summed E-state index contributed by atoms with van der Waals surface area (Å²) in [6.45, 7) is 3.10. The average molecular weight is 255 g/mol. The van der Waals surface area contributed by atoms with Gasteiger partial charge in [0.1, 0.15) is 12.5 Å². The van der Waals surface area contributed by atoms with E-state index in [-0.39, 0.29) is 0 Å². The lowest BCUT2D eigenvalue weighted by Crippen LogP contribution is -2.39. The number of carboxylic acid groups (broad SMARTS) is 2. The maximum atomic E-state index is 9.77. The van der Waals surface area contributed by atoms with Gasteiger partial charge in [0.15, 0.2) is 12.2 Å². The van der Waals surface area contributed by atoms with E-state index in [1.165, 1.54) is 0 Å². The van der Waals surface area contributed by atoms with E-state index in [1.807, 2.05) is 0 Å². The Morgan fingerprint density at radius 2 is 1.06 bits per heavy atom. The lowest BCUT2D eigenvalue weighted by molar-refractivity contribution is -0.165. The molecule has 0 aliphatic carbocycles. The van der Waals surface area contributed by atoms with Crippen LogP contribution < -0.4 is 5.32 Å². The molecule has 17 heavy (non-hydrogen) atoms. The minimum Gasteiger partial charge on any atom is -0.479 e. The molecule has 4 atom stereocenters. The summed E-state index contributed by atoms with van der Waals surface area (Å²) in [4.78, 5) is 19.5. The van der Waals surface area contributed by atoms with E-state index in [0.29, 0.717) is 0 Å². The van der Waals surface area contributed by atoms with Crippen molar-refractivity contribution in [3.63, 3.8) is 0 Å². The standard InChI is InChI=1S/C4H11NO2.C4H6O6/c1-3(6)5-4(2)7;5-1(3(7)8)2(6)4(9)10/h3-7H,1-2H3;1-2,5-6H,(H,7,8)(H,9,10). The van der Waals surface area contributed by atoms with Crippen LogP contribution in [0.5, 0.6) is 0 Å². The maximum Gasteiger partial charge on any atom is 0.335 e. The molecule has 102 valence electrons. The van der Waals surface area contributed by atoms with Gasteiger partial charge in [-0.25, -0.2) is 9.59 Å². The van der Waals surface area contributed by atoms with Crippen LogP contribution in [0.3, 0.4) is 0 Å². The molecule has 0 aromatic heterocycles. The highest BCUT2D eigenvalue weighted by atomic mass is 16.4. The van der Waals surface area contributed by atoms with Gasteiger partial charge in [0.05, 0.1) is 0 Å². The summed E-state index contributed by atoms with van der Waals surface area (Å²) in [5.41, 5.74) is 0. The molecule has 0 spiro atoms. The van der Waals surface area contributed by atoms with Crippen LogP contribution in [-0.2, 0) is 9.59 Å². The van der Waals surface area contributed by atoms with E-state index in [4.69, 9.17) is 30.6 Å². The number of hydrogen-bond acceptors (Lipinski definition) is 7. The molecule has 0 aromatic carbocycles. The number of nitrogens with one attached hydrogen (secondary N) is 1. The number of aliphatic hydroxyl groups excluding tert-OH is 4. The van der Waals surface area contributed by atoms with Crippen molar-refractivity contribution in [3.8, 4) is 0 Å². The molecular weight excluding hydrogens is 238 g/mol. The normalized spacial score (nSPS) is 17.1. The van der Waals surface area contributed by atoms with E-state index >= 15 is 0 Å². The van der Waals surface area contributed by atoms with E-state index in [2.05, 4.69) is 5.32 Å². The SMILES string of the molecule is CC(O)NC(C)O.O=C(O)C(O)C(O)C(=O)O. The third-order valence-electron chi connectivity index (χ3n) is 1.29. The van der Waals surface area contributed by atoms with Crippen LogP contribution in [0.15, 0.2) is 0 Å². The molecule has 0 saturated carbocycles.